The third kappa shape index (κ3) is 3.61. The first-order chi connectivity index (χ1) is 10.7. The normalized spacial score (nSPS) is 19.7. The number of rotatable bonds is 4. The molecule has 0 aromatic carbocycles. The first kappa shape index (κ1) is 17.6. The molecule has 1 aromatic heterocycles. The molecule has 1 aliphatic heterocycles. The molecule has 0 atom stereocenters. The van der Waals surface area contributed by atoms with Crippen molar-refractivity contribution in [2.45, 2.75) is 38.9 Å². The summed E-state index contributed by atoms with van der Waals surface area (Å²) in [4.78, 5) is 15.6. The van der Waals surface area contributed by atoms with E-state index in [1.54, 1.807) is 12.3 Å². The van der Waals surface area contributed by atoms with E-state index in [4.69, 9.17) is 20.9 Å². The Morgan fingerprint density at radius 3 is 2.43 bits per heavy atom. The van der Waals surface area contributed by atoms with Crippen LogP contribution in [0.4, 0.5) is 0 Å². The lowest BCUT2D eigenvalue weighted by Crippen LogP contribution is -2.41. The first-order valence-electron chi connectivity index (χ1n) is 7.42. The Morgan fingerprint density at radius 2 is 1.91 bits per heavy atom. The molecule has 2 rings (SSSR count). The van der Waals surface area contributed by atoms with Gasteiger partial charge in [-0.1, -0.05) is 6.08 Å². The molecule has 0 aliphatic carbocycles. The average molecular weight is 318 g/mol. The van der Waals surface area contributed by atoms with Gasteiger partial charge in [0.05, 0.1) is 16.8 Å². The minimum atomic E-state index is -0.531. The van der Waals surface area contributed by atoms with Crippen molar-refractivity contribution in [3.63, 3.8) is 0 Å². The van der Waals surface area contributed by atoms with E-state index in [1.165, 1.54) is 6.20 Å². The van der Waals surface area contributed by atoms with E-state index in [0.717, 1.165) is 11.0 Å². The van der Waals surface area contributed by atoms with Crippen molar-refractivity contribution < 1.29 is 14.1 Å². The summed E-state index contributed by atoms with van der Waals surface area (Å²) >= 11 is 0. The molecule has 0 bridgehead atoms. The van der Waals surface area contributed by atoms with Crippen LogP contribution in [0.25, 0.3) is 6.08 Å². The van der Waals surface area contributed by atoms with Gasteiger partial charge in [0.25, 0.3) is 5.91 Å². The quantitative estimate of drug-likeness (QED) is 0.325. The summed E-state index contributed by atoms with van der Waals surface area (Å²) in [5.74, 6) is 4.73. The molecule has 1 aliphatic rings. The van der Waals surface area contributed by atoms with Crippen molar-refractivity contribution in [1.29, 1.82) is 0 Å². The number of hydrogen-bond donors (Lipinski definition) is 3. The molecule has 1 fully saturated rings. The Hall–Kier alpha value is -1.74. The second-order valence-electron chi connectivity index (χ2n) is 6.49. The smallest absolute Gasteiger partial charge is 0.400 e. The van der Waals surface area contributed by atoms with Crippen LogP contribution in [0.15, 0.2) is 23.9 Å². The maximum absolute atomic E-state index is 11.6. The van der Waals surface area contributed by atoms with E-state index >= 15 is 0 Å². The Balaban J connectivity index is 2.28. The van der Waals surface area contributed by atoms with E-state index in [1.807, 2.05) is 33.8 Å². The minimum absolute atomic E-state index is 0.268. The highest BCUT2D eigenvalue weighted by Gasteiger charge is 2.52. The van der Waals surface area contributed by atoms with Gasteiger partial charge < -0.3 is 15.0 Å². The van der Waals surface area contributed by atoms with Crippen molar-refractivity contribution in [3.8, 4) is 0 Å². The second kappa shape index (κ2) is 6.41. The van der Waals surface area contributed by atoms with Crippen LogP contribution in [0.3, 0.4) is 0 Å². The fourth-order valence-corrected chi connectivity index (χ4v) is 2.18. The molecule has 8 heteroatoms. The summed E-state index contributed by atoms with van der Waals surface area (Å²) in [7, 11) is -0.531. The Kier molecular flexibility index (Phi) is 4.91. The largest absolute Gasteiger partial charge is 0.491 e. The van der Waals surface area contributed by atoms with E-state index in [9.17, 15) is 4.79 Å². The standard InChI is InChI=1S/C15H23BN4O3/c1-14(2)15(3,4)23-16(22-14)12(7-17)6-10-5-11(9-19-8-10)13(21)20-18/h5-6,8-9H,7,17-18H2,1-4H3,(H,20,21). The van der Waals surface area contributed by atoms with Gasteiger partial charge in [-0.25, -0.2) is 5.84 Å². The van der Waals surface area contributed by atoms with Crippen LogP contribution < -0.4 is 17.0 Å². The van der Waals surface area contributed by atoms with Gasteiger partial charge in [-0.15, -0.1) is 0 Å². The highest BCUT2D eigenvalue weighted by molar-refractivity contribution is 6.55. The number of hydrogen-bond acceptors (Lipinski definition) is 6. The summed E-state index contributed by atoms with van der Waals surface area (Å²) in [6.07, 6.45) is 4.90. The van der Waals surface area contributed by atoms with Crippen LogP contribution in [0.5, 0.6) is 0 Å². The molecule has 1 aromatic rings. The SMILES string of the molecule is CC1(C)OB(C(=Cc2cncc(C(=O)NN)c2)CN)OC1(C)C. The Bertz CT molecular complexity index is 615. The van der Waals surface area contributed by atoms with Crippen molar-refractivity contribution in [3.05, 3.63) is 35.1 Å². The van der Waals surface area contributed by atoms with Crippen LogP contribution in [-0.4, -0.2) is 35.8 Å². The van der Waals surface area contributed by atoms with E-state index in [-0.39, 0.29) is 6.54 Å². The number of nitrogens with one attached hydrogen (secondary N) is 1. The van der Waals surface area contributed by atoms with Crippen LogP contribution in [0.1, 0.15) is 43.6 Å². The van der Waals surface area contributed by atoms with E-state index in [0.29, 0.717) is 5.56 Å². The summed E-state index contributed by atoms with van der Waals surface area (Å²) in [6, 6.07) is 1.68. The number of aromatic nitrogens is 1. The predicted octanol–water partition coefficient (Wildman–Crippen LogP) is 0.659. The molecule has 23 heavy (non-hydrogen) atoms. The highest BCUT2D eigenvalue weighted by Crippen LogP contribution is 2.38. The van der Waals surface area contributed by atoms with Gasteiger partial charge in [0.15, 0.2) is 0 Å². The zero-order chi connectivity index (χ0) is 17.3. The van der Waals surface area contributed by atoms with Crippen molar-refractivity contribution in [2.75, 3.05) is 6.54 Å². The molecule has 2 heterocycles. The average Bonchev–Trinajstić information content (AvgIpc) is 2.72. The molecular formula is C15H23BN4O3. The van der Waals surface area contributed by atoms with E-state index in [2.05, 4.69) is 10.4 Å². The van der Waals surface area contributed by atoms with Gasteiger partial charge >= 0.3 is 7.12 Å². The second-order valence-corrected chi connectivity index (χ2v) is 6.49. The Morgan fingerprint density at radius 1 is 1.30 bits per heavy atom. The highest BCUT2D eigenvalue weighted by atomic mass is 16.7. The van der Waals surface area contributed by atoms with Crippen LogP contribution >= 0.6 is 0 Å². The number of nitrogens with zero attached hydrogens (tertiary/aromatic N) is 1. The summed E-state index contributed by atoms with van der Waals surface area (Å²) in [6.45, 7) is 8.19. The van der Waals surface area contributed by atoms with Gasteiger partial charge in [0, 0.05) is 18.9 Å². The monoisotopic (exact) mass is 318 g/mol. The summed E-state index contributed by atoms with van der Waals surface area (Å²) in [5, 5.41) is 0. The predicted molar refractivity (Wildman–Crippen MR) is 89.0 cm³/mol. The molecule has 1 saturated heterocycles. The molecular weight excluding hydrogens is 295 g/mol. The van der Waals surface area contributed by atoms with Crippen LogP contribution in [-0.2, 0) is 9.31 Å². The van der Waals surface area contributed by atoms with Crippen LogP contribution in [0.2, 0.25) is 0 Å². The van der Waals surface area contributed by atoms with Crippen LogP contribution in [0, 0.1) is 0 Å². The number of nitrogens with two attached hydrogens (primary N) is 2. The minimum Gasteiger partial charge on any atom is -0.400 e. The van der Waals surface area contributed by atoms with E-state index < -0.39 is 24.2 Å². The molecule has 5 N–H and O–H groups in total. The Labute approximate surface area is 136 Å². The number of pyridine rings is 1. The maximum Gasteiger partial charge on any atom is 0.491 e. The molecule has 0 unspecified atom stereocenters. The van der Waals surface area contributed by atoms with Gasteiger partial charge in [-0.05, 0) is 44.8 Å². The number of hydrazine groups is 1. The van der Waals surface area contributed by atoms with Crippen molar-refractivity contribution in [1.82, 2.24) is 10.4 Å². The lowest BCUT2D eigenvalue weighted by atomic mass is 9.77. The fourth-order valence-electron chi connectivity index (χ4n) is 2.18. The number of nitrogen functional groups attached to an aromatic ring is 1. The fraction of sp³-hybridized carbons (Fsp3) is 0.467. The molecule has 124 valence electrons. The summed E-state index contributed by atoms with van der Waals surface area (Å²) in [5.41, 5.74) is 8.92. The molecule has 0 radical (unpaired) electrons. The molecule has 0 spiro atoms. The number of carbonyl (C=O) groups excluding carboxylic acids is 1. The van der Waals surface area contributed by atoms with Gasteiger partial charge in [0.1, 0.15) is 0 Å². The molecule has 0 saturated carbocycles. The van der Waals surface area contributed by atoms with Gasteiger partial charge in [-0.2, -0.15) is 0 Å². The first-order valence-corrected chi connectivity index (χ1v) is 7.42. The molecule has 7 nitrogen and oxygen atoms in total. The van der Waals surface area contributed by atoms with Gasteiger partial charge in [-0.3, -0.25) is 15.2 Å². The maximum atomic E-state index is 11.6. The van der Waals surface area contributed by atoms with Crippen molar-refractivity contribution in [2.24, 2.45) is 11.6 Å². The lowest BCUT2D eigenvalue weighted by Gasteiger charge is -2.32. The zero-order valence-electron chi connectivity index (χ0n) is 13.9. The third-order valence-electron chi connectivity index (χ3n) is 4.30. The molecule has 1 amide bonds. The number of carbonyl (C=O) groups is 1. The zero-order valence-corrected chi connectivity index (χ0v) is 13.9. The van der Waals surface area contributed by atoms with Crippen molar-refractivity contribution >= 4 is 19.1 Å². The number of amides is 1. The lowest BCUT2D eigenvalue weighted by molar-refractivity contribution is 0.00578. The van der Waals surface area contributed by atoms with Gasteiger partial charge in [0.2, 0.25) is 0 Å². The third-order valence-corrected chi connectivity index (χ3v) is 4.30. The topological polar surface area (TPSA) is 112 Å². The summed E-state index contributed by atoms with van der Waals surface area (Å²) < 4.78 is 12.0.